The van der Waals surface area contributed by atoms with Crippen molar-refractivity contribution >= 4 is 29.2 Å². The number of urea groups is 1. The number of nitrogens with two attached hydrogens (primary N) is 1. The van der Waals surface area contributed by atoms with Crippen molar-refractivity contribution in [3.63, 3.8) is 0 Å². The first-order chi connectivity index (χ1) is 22.8. The summed E-state index contributed by atoms with van der Waals surface area (Å²) in [6.45, 7) is 7.53. The van der Waals surface area contributed by atoms with Crippen LogP contribution in [0.3, 0.4) is 0 Å². The number of carbonyl (C=O) groups is 3. The Morgan fingerprint density at radius 1 is 0.957 bits per heavy atom. The Kier molecular flexibility index (Phi) is 13.0. The first-order valence-electron chi connectivity index (χ1n) is 15.6. The zero-order valence-electron chi connectivity index (χ0n) is 27.5. The van der Waals surface area contributed by atoms with Crippen LogP contribution in [0.2, 0.25) is 0 Å². The Hall–Kier alpha value is -4.65. The van der Waals surface area contributed by atoms with Crippen LogP contribution < -0.4 is 30.2 Å². The first-order valence-corrected chi connectivity index (χ1v) is 15.6. The predicted octanol–water partition coefficient (Wildman–Crippen LogP) is 3.89. The number of nitrogens with one attached hydrogen (secondary N) is 1. The van der Waals surface area contributed by atoms with Gasteiger partial charge in [-0.3, -0.25) is 14.6 Å². The number of carbonyl (C=O) groups excluding carboxylic acids is 3. The molecule has 1 aliphatic heterocycles. The van der Waals surface area contributed by atoms with Gasteiger partial charge in [0.25, 0.3) is 0 Å². The molecule has 3 aromatic rings. The third-order valence-electron chi connectivity index (χ3n) is 7.85. The zero-order valence-corrected chi connectivity index (χ0v) is 27.5. The van der Waals surface area contributed by atoms with Crippen LogP contribution in [0.5, 0.6) is 17.2 Å². The van der Waals surface area contributed by atoms with Crippen LogP contribution in [0.25, 0.3) is 0 Å². The van der Waals surface area contributed by atoms with Crippen molar-refractivity contribution in [2.24, 2.45) is 5.73 Å². The van der Waals surface area contributed by atoms with Crippen LogP contribution in [0, 0.1) is 6.92 Å². The van der Waals surface area contributed by atoms with Crippen LogP contribution in [0.1, 0.15) is 28.4 Å². The number of Topliss-reactive ketones (excluding diaryl/α,β-unsaturated/α-hetero) is 1. The molecule has 252 valence electrons. The molecule has 1 atom stereocenters. The number of benzene rings is 3. The fraction of sp³-hybridized carbons (Fsp3) is 0.400. The minimum absolute atomic E-state index is 0.0389. The van der Waals surface area contributed by atoms with E-state index in [1.807, 2.05) is 37.3 Å². The fourth-order valence-corrected chi connectivity index (χ4v) is 5.45. The summed E-state index contributed by atoms with van der Waals surface area (Å²) in [4.78, 5) is 41.9. The standard InChI is InChI=1S/C35H44N4O8/c1-5-46-34(41)26-11-13-31(33(22-26)44-4)47-17-14-37-23-29(38-15-18-45-19-16-38)30(40)20-25-10-12-28(32(21-25)43-3)39(35(36)42)27-9-7-6-8-24(27)2/h6-13,21-22,29,37H,5,14-20,23H2,1-4H3,(H2,36,42). The second-order valence-corrected chi connectivity index (χ2v) is 10.9. The van der Waals surface area contributed by atoms with E-state index in [0.717, 1.165) is 11.1 Å². The molecule has 47 heavy (non-hydrogen) atoms. The van der Waals surface area contributed by atoms with Gasteiger partial charge in [0, 0.05) is 32.6 Å². The Balaban J connectivity index is 1.41. The van der Waals surface area contributed by atoms with E-state index in [9.17, 15) is 14.4 Å². The van der Waals surface area contributed by atoms with Gasteiger partial charge in [-0.1, -0.05) is 24.3 Å². The number of nitrogens with zero attached hydrogens (tertiary/aromatic N) is 2. The molecule has 3 aromatic carbocycles. The highest BCUT2D eigenvalue weighted by molar-refractivity contribution is 6.00. The summed E-state index contributed by atoms with van der Waals surface area (Å²) in [5.41, 5.74) is 8.95. The molecule has 12 heteroatoms. The SMILES string of the molecule is CCOC(=O)c1ccc(OCCNCC(C(=O)Cc2ccc(N(C(N)=O)c3ccccc3C)c(OC)c2)N2CCOCC2)c(OC)c1. The average Bonchev–Trinajstić information content (AvgIpc) is 3.08. The van der Waals surface area contributed by atoms with Crippen LogP contribution in [-0.4, -0.2) is 95.6 Å². The number of primary amides is 1. The number of ether oxygens (including phenoxy) is 5. The highest BCUT2D eigenvalue weighted by Crippen LogP contribution is 2.36. The maximum atomic E-state index is 13.8. The van der Waals surface area contributed by atoms with Gasteiger partial charge in [0.15, 0.2) is 17.3 Å². The maximum Gasteiger partial charge on any atom is 0.338 e. The van der Waals surface area contributed by atoms with Crippen molar-refractivity contribution in [1.82, 2.24) is 10.2 Å². The van der Waals surface area contributed by atoms with Crippen LogP contribution in [0.4, 0.5) is 16.2 Å². The summed E-state index contributed by atoms with van der Waals surface area (Å²) in [6.07, 6.45) is 0.168. The van der Waals surface area contributed by atoms with Crippen molar-refractivity contribution in [2.45, 2.75) is 26.3 Å². The third kappa shape index (κ3) is 9.22. The number of rotatable bonds is 16. The van der Waals surface area contributed by atoms with Crippen LogP contribution in [-0.2, 0) is 20.7 Å². The summed E-state index contributed by atoms with van der Waals surface area (Å²) < 4.78 is 27.6. The number of para-hydroxylation sites is 1. The molecule has 0 aliphatic carbocycles. The molecule has 0 spiro atoms. The second kappa shape index (κ2) is 17.3. The number of methoxy groups -OCH3 is 2. The van der Waals surface area contributed by atoms with Gasteiger partial charge < -0.3 is 34.7 Å². The molecule has 1 unspecified atom stereocenters. The summed E-state index contributed by atoms with van der Waals surface area (Å²) in [6, 6.07) is 16.7. The lowest BCUT2D eigenvalue weighted by atomic mass is 10.0. The minimum Gasteiger partial charge on any atom is -0.495 e. The number of anilines is 2. The summed E-state index contributed by atoms with van der Waals surface area (Å²) in [7, 11) is 3.03. The van der Waals surface area contributed by atoms with Gasteiger partial charge in [-0.15, -0.1) is 0 Å². The summed E-state index contributed by atoms with van der Waals surface area (Å²) in [5, 5.41) is 3.36. The Labute approximate surface area is 275 Å². The van der Waals surface area contributed by atoms with Gasteiger partial charge in [0.2, 0.25) is 0 Å². The van der Waals surface area contributed by atoms with E-state index >= 15 is 0 Å². The molecule has 1 fully saturated rings. The molecule has 2 amide bonds. The van der Waals surface area contributed by atoms with Crippen molar-refractivity contribution in [3.8, 4) is 17.2 Å². The Morgan fingerprint density at radius 3 is 2.38 bits per heavy atom. The van der Waals surface area contributed by atoms with E-state index in [2.05, 4.69) is 10.2 Å². The van der Waals surface area contributed by atoms with Gasteiger partial charge in [0.05, 0.1) is 57.0 Å². The molecule has 0 saturated carbocycles. The lowest BCUT2D eigenvalue weighted by Crippen LogP contribution is -2.52. The zero-order chi connectivity index (χ0) is 33.8. The number of morpholine rings is 1. The molecule has 1 saturated heterocycles. The second-order valence-electron chi connectivity index (χ2n) is 10.9. The van der Waals surface area contributed by atoms with Crippen molar-refractivity contribution in [3.05, 3.63) is 77.4 Å². The monoisotopic (exact) mass is 648 g/mol. The molecular weight excluding hydrogens is 604 g/mol. The smallest absolute Gasteiger partial charge is 0.338 e. The summed E-state index contributed by atoms with van der Waals surface area (Å²) in [5.74, 6) is 0.967. The predicted molar refractivity (Wildman–Crippen MR) is 178 cm³/mol. The van der Waals surface area contributed by atoms with E-state index in [0.29, 0.717) is 80.2 Å². The molecule has 1 heterocycles. The molecular formula is C35H44N4O8. The lowest BCUT2D eigenvalue weighted by Gasteiger charge is -2.34. The van der Waals surface area contributed by atoms with Crippen molar-refractivity contribution < 1.29 is 38.1 Å². The topological polar surface area (TPSA) is 142 Å². The van der Waals surface area contributed by atoms with E-state index in [1.165, 1.54) is 19.1 Å². The van der Waals surface area contributed by atoms with Gasteiger partial charge in [-0.05, 0) is 61.4 Å². The van der Waals surface area contributed by atoms with Gasteiger partial charge in [0.1, 0.15) is 12.4 Å². The largest absolute Gasteiger partial charge is 0.495 e. The van der Waals surface area contributed by atoms with E-state index in [-0.39, 0.29) is 18.8 Å². The van der Waals surface area contributed by atoms with E-state index < -0.39 is 18.0 Å². The normalized spacial score (nSPS) is 13.8. The lowest BCUT2D eigenvalue weighted by molar-refractivity contribution is -0.125. The molecule has 1 aliphatic rings. The number of esters is 1. The third-order valence-corrected chi connectivity index (χ3v) is 7.85. The van der Waals surface area contributed by atoms with E-state index in [4.69, 9.17) is 29.4 Å². The van der Waals surface area contributed by atoms with Gasteiger partial charge >= 0.3 is 12.0 Å². The maximum absolute atomic E-state index is 13.8. The minimum atomic E-state index is -0.643. The Morgan fingerprint density at radius 2 is 1.70 bits per heavy atom. The molecule has 0 radical (unpaired) electrons. The molecule has 0 bridgehead atoms. The van der Waals surface area contributed by atoms with Gasteiger partial charge in [-0.25, -0.2) is 9.59 Å². The summed E-state index contributed by atoms with van der Waals surface area (Å²) >= 11 is 0. The highest BCUT2D eigenvalue weighted by Gasteiger charge is 2.28. The molecule has 4 rings (SSSR count). The van der Waals surface area contributed by atoms with Gasteiger partial charge in [-0.2, -0.15) is 0 Å². The van der Waals surface area contributed by atoms with Crippen LogP contribution in [0.15, 0.2) is 60.7 Å². The van der Waals surface area contributed by atoms with Crippen molar-refractivity contribution in [2.75, 3.05) is 71.7 Å². The number of amides is 2. The Bertz CT molecular complexity index is 1530. The fourth-order valence-electron chi connectivity index (χ4n) is 5.45. The van der Waals surface area contributed by atoms with Crippen molar-refractivity contribution in [1.29, 1.82) is 0 Å². The first kappa shape index (κ1) is 35.2. The molecule has 3 N–H and O–H groups in total. The van der Waals surface area contributed by atoms with E-state index in [1.54, 1.807) is 37.3 Å². The average molecular weight is 649 g/mol. The number of hydrogen-bond acceptors (Lipinski definition) is 10. The number of aryl methyl sites for hydroxylation is 1. The molecule has 12 nitrogen and oxygen atoms in total. The number of hydrogen-bond donors (Lipinski definition) is 2. The quantitative estimate of drug-likeness (QED) is 0.174. The number of ketones is 1. The highest BCUT2D eigenvalue weighted by atomic mass is 16.5. The van der Waals surface area contributed by atoms with Crippen LogP contribution >= 0.6 is 0 Å². The molecule has 0 aromatic heterocycles.